The second-order valence-electron chi connectivity index (χ2n) is 5.94. The predicted molar refractivity (Wildman–Crippen MR) is 86.8 cm³/mol. The fourth-order valence-electron chi connectivity index (χ4n) is 3.09. The molecule has 1 aliphatic rings. The Hall–Kier alpha value is -2.69. The molecule has 0 saturated heterocycles. The zero-order chi connectivity index (χ0) is 17.1. The molecule has 2 aromatic carbocycles. The van der Waals surface area contributed by atoms with Crippen LogP contribution >= 0.6 is 0 Å². The lowest BCUT2D eigenvalue weighted by Crippen LogP contribution is -2.48. The van der Waals surface area contributed by atoms with Gasteiger partial charge in [-0.2, -0.15) is 0 Å². The largest absolute Gasteiger partial charge is 0.480 e. The number of aliphatic carboxylic acids is 1. The summed E-state index contributed by atoms with van der Waals surface area (Å²) in [5.74, 6) is -1.62. The molecule has 5 heteroatoms. The number of rotatable bonds is 4. The van der Waals surface area contributed by atoms with Gasteiger partial charge in [0.25, 0.3) is 0 Å². The highest BCUT2D eigenvalue weighted by atomic mass is 19.1. The maximum atomic E-state index is 13.7. The monoisotopic (exact) mass is 327 g/mol. The van der Waals surface area contributed by atoms with Crippen molar-refractivity contribution in [1.29, 1.82) is 0 Å². The van der Waals surface area contributed by atoms with E-state index >= 15 is 0 Å². The van der Waals surface area contributed by atoms with Gasteiger partial charge in [-0.25, -0.2) is 9.18 Å². The maximum absolute atomic E-state index is 13.7. The molecular formula is C19H18FNO3. The number of aryl methyl sites for hydroxylation is 1. The zero-order valence-electron chi connectivity index (χ0n) is 13.1. The molecule has 124 valence electrons. The van der Waals surface area contributed by atoms with Crippen LogP contribution in [0.4, 0.5) is 4.39 Å². The number of hydrogen-bond acceptors (Lipinski definition) is 2. The summed E-state index contributed by atoms with van der Waals surface area (Å²) in [5, 5.41) is 9.46. The zero-order valence-corrected chi connectivity index (χ0v) is 13.1. The van der Waals surface area contributed by atoms with Crippen LogP contribution in [0.15, 0.2) is 48.5 Å². The lowest BCUT2D eigenvalue weighted by Gasteiger charge is -2.34. The first-order valence-corrected chi connectivity index (χ1v) is 7.88. The second-order valence-corrected chi connectivity index (χ2v) is 5.94. The highest BCUT2D eigenvalue weighted by molar-refractivity contribution is 5.84. The third-order valence-corrected chi connectivity index (χ3v) is 4.42. The Morgan fingerprint density at radius 3 is 2.46 bits per heavy atom. The van der Waals surface area contributed by atoms with Crippen LogP contribution < -0.4 is 0 Å². The third-order valence-electron chi connectivity index (χ3n) is 4.42. The molecule has 1 heterocycles. The number of amides is 1. The topological polar surface area (TPSA) is 57.6 Å². The lowest BCUT2D eigenvalue weighted by molar-refractivity contribution is -0.151. The van der Waals surface area contributed by atoms with Gasteiger partial charge in [0, 0.05) is 19.4 Å². The van der Waals surface area contributed by atoms with Crippen LogP contribution in [-0.4, -0.2) is 27.9 Å². The first-order valence-electron chi connectivity index (χ1n) is 7.88. The molecule has 0 spiro atoms. The molecule has 0 radical (unpaired) electrons. The van der Waals surface area contributed by atoms with Gasteiger partial charge in [-0.1, -0.05) is 42.5 Å². The highest BCUT2D eigenvalue weighted by Gasteiger charge is 2.34. The first kappa shape index (κ1) is 16.2. The summed E-state index contributed by atoms with van der Waals surface area (Å²) in [6.07, 6.45) is 0.653. The van der Waals surface area contributed by atoms with Gasteiger partial charge >= 0.3 is 5.97 Å². The first-order chi connectivity index (χ1) is 11.6. The Labute approximate surface area is 139 Å². The van der Waals surface area contributed by atoms with Crippen molar-refractivity contribution in [2.45, 2.75) is 31.8 Å². The third kappa shape index (κ3) is 3.30. The van der Waals surface area contributed by atoms with Gasteiger partial charge in [-0.15, -0.1) is 0 Å². The van der Waals surface area contributed by atoms with Crippen LogP contribution in [0.25, 0.3) is 0 Å². The van der Waals surface area contributed by atoms with Crippen LogP contribution in [-0.2, 0) is 29.0 Å². The number of carbonyl (C=O) groups excluding carboxylic acids is 1. The van der Waals surface area contributed by atoms with Crippen molar-refractivity contribution >= 4 is 11.9 Å². The average molecular weight is 327 g/mol. The summed E-state index contributed by atoms with van der Waals surface area (Å²) in [6.45, 7) is 0.281. The maximum Gasteiger partial charge on any atom is 0.326 e. The smallest absolute Gasteiger partial charge is 0.326 e. The Morgan fingerprint density at radius 2 is 1.75 bits per heavy atom. The Kier molecular flexibility index (Phi) is 4.60. The number of halogens is 1. The molecule has 24 heavy (non-hydrogen) atoms. The number of hydrogen-bond donors (Lipinski definition) is 1. The Morgan fingerprint density at radius 1 is 1.08 bits per heavy atom. The number of fused-ring (bicyclic) bond motifs is 1. The second kappa shape index (κ2) is 6.83. The molecule has 0 unspecified atom stereocenters. The van der Waals surface area contributed by atoms with E-state index in [1.165, 1.54) is 11.0 Å². The van der Waals surface area contributed by atoms with Gasteiger partial charge in [0.05, 0.1) is 0 Å². The van der Waals surface area contributed by atoms with Crippen LogP contribution in [0.2, 0.25) is 0 Å². The molecule has 1 amide bonds. The summed E-state index contributed by atoms with van der Waals surface area (Å²) >= 11 is 0. The molecule has 0 fully saturated rings. The van der Waals surface area contributed by atoms with Crippen LogP contribution in [0.3, 0.4) is 0 Å². The normalized spacial score (nSPS) is 16.5. The van der Waals surface area contributed by atoms with Crippen molar-refractivity contribution in [3.05, 3.63) is 71.0 Å². The summed E-state index contributed by atoms with van der Waals surface area (Å²) in [6, 6.07) is 13.0. The number of nitrogens with zero attached hydrogens (tertiary/aromatic N) is 1. The Bertz CT molecular complexity index is 775. The van der Waals surface area contributed by atoms with E-state index in [1.54, 1.807) is 18.2 Å². The molecule has 3 rings (SSSR count). The molecule has 0 saturated carbocycles. The molecule has 4 nitrogen and oxygen atoms in total. The van der Waals surface area contributed by atoms with E-state index in [-0.39, 0.29) is 31.1 Å². The van der Waals surface area contributed by atoms with Crippen molar-refractivity contribution in [1.82, 2.24) is 4.90 Å². The summed E-state index contributed by atoms with van der Waals surface area (Å²) < 4.78 is 13.7. The van der Waals surface area contributed by atoms with Gasteiger partial charge in [-0.05, 0) is 29.2 Å². The number of benzene rings is 2. The predicted octanol–water partition coefficient (Wildman–Crippen LogP) is 2.80. The van der Waals surface area contributed by atoms with E-state index in [0.29, 0.717) is 12.0 Å². The fraction of sp³-hybridized carbons (Fsp3) is 0.263. The molecular weight excluding hydrogens is 309 g/mol. The Balaban J connectivity index is 1.75. The minimum atomic E-state index is -1.01. The van der Waals surface area contributed by atoms with E-state index in [2.05, 4.69) is 0 Å². The van der Waals surface area contributed by atoms with Crippen molar-refractivity contribution < 1.29 is 19.1 Å². The number of carboxylic acids is 1. The van der Waals surface area contributed by atoms with Crippen molar-refractivity contribution in [3.63, 3.8) is 0 Å². The van der Waals surface area contributed by atoms with Crippen LogP contribution in [0.5, 0.6) is 0 Å². The molecule has 0 aromatic heterocycles. The van der Waals surface area contributed by atoms with Gasteiger partial charge in [0.15, 0.2) is 0 Å². The summed E-state index contributed by atoms with van der Waals surface area (Å²) in [5.41, 5.74) is 2.40. The molecule has 1 atom stereocenters. The minimum Gasteiger partial charge on any atom is -0.480 e. The quantitative estimate of drug-likeness (QED) is 0.939. The van der Waals surface area contributed by atoms with E-state index in [9.17, 15) is 19.1 Å². The van der Waals surface area contributed by atoms with Gasteiger partial charge in [0.2, 0.25) is 5.91 Å². The average Bonchev–Trinajstić information content (AvgIpc) is 2.59. The minimum absolute atomic E-state index is 0.0902. The summed E-state index contributed by atoms with van der Waals surface area (Å²) in [7, 11) is 0. The van der Waals surface area contributed by atoms with Crippen molar-refractivity contribution in [3.8, 4) is 0 Å². The number of carbonyl (C=O) groups is 2. The highest BCUT2D eigenvalue weighted by Crippen LogP contribution is 2.24. The van der Waals surface area contributed by atoms with E-state index in [4.69, 9.17) is 0 Å². The van der Waals surface area contributed by atoms with E-state index in [1.807, 2.05) is 24.3 Å². The van der Waals surface area contributed by atoms with Crippen molar-refractivity contribution in [2.24, 2.45) is 0 Å². The fourth-order valence-corrected chi connectivity index (χ4v) is 3.09. The lowest BCUT2D eigenvalue weighted by atomic mass is 9.93. The number of carboxylic acid groups (broad SMARTS) is 1. The van der Waals surface area contributed by atoms with Crippen LogP contribution in [0.1, 0.15) is 23.1 Å². The van der Waals surface area contributed by atoms with Gasteiger partial charge in [0.1, 0.15) is 11.9 Å². The SMILES string of the molecule is O=C(O)[C@H]1Cc2ccccc2CN1C(=O)CCc1ccccc1F. The summed E-state index contributed by atoms with van der Waals surface area (Å²) in [4.78, 5) is 25.5. The van der Waals surface area contributed by atoms with E-state index in [0.717, 1.165) is 11.1 Å². The molecule has 0 aliphatic carbocycles. The molecule has 0 bridgehead atoms. The van der Waals surface area contributed by atoms with Gasteiger partial charge < -0.3 is 10.0 Å². The standard InChI is InChI=1S/C19H18FNO3/c20-16-8-4-3-5-13(16)9-10-18(22)21-12-15-7-2-1-6-14(15)11-17(21)19(23)24/h1-8,17H,9-12H2,(H,23,24)/t17-/m1/s1. The van der Waals surface area contributed by atoms with Crippen LogP contribution in [0, 0.1) is 5.82 Å². The van der Waals surface area contributed by atoms with Crippen molar-refractivity contribution in [2.75, 3.05) is 0 Å². The van der Waals surface area contributed by atoms with Gasteiger partial charge in [-0.3, -0.25) is 4.79 Å². The molecule has 1 N–H and O–H groups in total. The molecule has 1 aliphatic heterocycles. The van der Waals surface area contributed by atoms with E-state index < -0.39 is 12.0 Å². The molecule has 2 aromatic rings.